The maximum Gasteiger partial charge on any atom is 0.156 e. The fraction of sp³-hybridized carbons (Fsp3) is 0.176. The van der Waals surface area contributed by atoms with Crippen molar-refractivity contribution in [3.8, 4) is 5.75 Å². The molecule has 124 valence electrons. The maximum absolute atomic E-state index is 6.25. The van der Waals surface area contributed by atoms with Crippen LogP contribution in [0.4, 0.5) is 11.5 Å². The number of halogens is 3. The lowest BCUT2D eigenvalue weighted by Crippen LogP contribution is -2.13. The lowest BCUT2D eigenvalue weighted by molar-refractivity contribution is 0.415. The Morgan fingerprint density at radius 1 is 1.08 bits per heavy atom. The second-order valence-electron chi connectivity index (χ2n) is 5.12. The van der Waals surface area contributed by atoms with E-state index in [9.17, 15) is 0 Å². The van der Waals surface area contributed by atoms with Crippen LogP contribution >= 0.6 is 34.8 Å². The Morgan fingerprint density at radius 2 is 1.75 bits per heavy atom. The Kier molecular flexibility index (Phi) is 4.99. The van der Waals surface area contributed by atoms with Crippen molar-refractivity contribution in [3.05, 3.63) is 52.3 Å². The van der Waals surface area contributed by atoms with Gasteiger partial charge < -0.3 is 9.64 Å². The van der Waals surface area contributed by atoms with Crippen LogP contribution in [-0.2, 0) is 5.88 Å². The highest BCUT2D eigenvalue weighted by atomic mass is 35.5. The average Bonchev–Trinajstić information content (AvgIpc) is 2.59. The first-order chi connectivity index (χ1) is 11.5. The number of hydrogen-bond donors (Lipinski definition) is 0. The van der Waals surface area contributed by atoms with E-state index in [0.717, 1.165) is 22.4 Å². The molecular formula is C17H14Cl3N3O. The summed E-state index contributed by atoms with van der Waals surface area (Å²) in [4.78, 5) is 10.9. The van der Waals surface area contributed by atoms with Gasteiger partial charge >= 0.3 is 0 Å². The van der Waals surface area contributed by atoms with Gasteiger partial charge in [0.05, 0.1) is 28.6 Å². The van der Waals surface area contributed by atoms with E-state index in [2.05, 4.69) is 9.97 Å². The zero-order chi connectivity index (χ0) is 17.3. The molecule has 0 saturated carbocycles. The molecule has 3 rings (SSSR count). The quantitative estimate of drug-likeness (QED) is 0.562. The zero-order valence-electron chi connectivity index (χ0n) is 13.1. The summed E-state index contributed by atoms with van der Waals surface area (Å²) in [7, 11) is 3.42. The molecule has 0 atom stereocenters. The fourth-order valence-electron chi connectivity index (χ4n) is 2.48. The van der Waals surface area contributed by atoms with Gasteiger partial charge in [0.2, 0.25) is 0 Å². The number of para-hydroxylation sites is 1. The number of methoxy groups -OCH3 is 1. The third-order valence-electron chi connectivity index (χ3n) is 3.64. The molecule has 0 N–H and O–H groups in total. The monoisotopic (exact) mass is 381 g/mol. The fourth-order valence-corrected chi connectivity index (χ4v) is 3.23. The van der Waals surface area contributed by atoms with Crippen LogP contribution in [0.3, 0.4) is 0 Å². The van der Waals surface area contributed by atoms with E-state index in [1.165, 1.54) is 7.11 Å². The van der Waals surface area contributed by atoms with Crippen molar-refractivity contribution < 1.29 is 4.74 Å². The number of nitrogens with zero attached hydrogens (tertiary/aromatic N) is 3. The minimum atomic E-state index is 0.232. The first-order valence-electron chi connectivity index (χ1n) is 7.13. The van der Waals surface area contributed by atoms with E-state index < -0.39 is 0 Å². The normalized spacial score (nSPS) is 10.9. The minimum Gasteiger partial charge on any atom is -0.494 e. The number of fused-ring (bicyclic) bond motifs is 1. The number of alkyl halides is 1. The van der Waals surface area contributed by atoms with E-state index in [4.69, 9.17) is 39.5 Å². The Bertz CT molecular complexity index is 878. The van der Waals surface area contributed by atoms with Crippen molar-refractivity contribution >= 4 is 57.2 Å². The zero-order valence-corrected chi connectivity index (χ0v) is 15.3. The van der Waals surface area contributed by atoms with Crippen LogP contribution in [0.15, 0.2) is 36.4 Å². The van der Waals surface area contributed by atoms with Gasteiger partial charge in [0.25, 0.3) is 0 Å². The van der Waals surface area contributed by atoms with Gasteiger partial charge in [-0.2, -0.15) is 0 Å². The summed E-state index contributed by atoms with van der Waals surface area (Å²) < 4.78 is 5.20. The lowest BCUT2D eigenvalue weighted by atomic mass is 10.2. The topological polar surface area (TPSA) is 38.2 Å². The van der Waals surface area contributed by atoms with Gasteiger partial charge in [0.15, 0.2) is 5.75 Å². The molecule has 1 aromatic heterocycles. The summed E-state index contributed by atoms with van der Waals surface area (Å²) in [5.74, 6) is 1.97. The molecule has 0 aliphatic rings. The SMILES string of the molecule is COc1c(Cl)cc(N(C)c2nc(CCl)nc3ccccc23)cc1Cl. The molecule has 0 amide bonds. The molecule has 2 aromatic carbocycles. The van der Waals surface area contributed by atoms with Crippen molar-refractivity contribution in [1.29, 1.82) is 0 Å². The summed E-state index contributed by atoms with van der Waals surface area (Å²) >= 11 is 18.4. The summed E-state index contributed by atoms with van der Waals surface area (Å²) in [5.41, 5.74) is 1.62. The van der Waals surface area contributed by atoms with Crippen LogP contribution in [0.25, 0.3) is 10.9 Å². The molecule has 3 aromatic rings. The molecule has 0 spiro atoms. The van der Waals surface area contributed by atoms with Crippen molar-refractivity contribution in [2.45, 2.75) is 5.88 Å². The highest BCUT2D eigenvalue weighted by molar-refractivity contribution is 6.37. The Hall–Kier alpha value is -1.75. The van der Waals surface area contributed by atoms with Crippen LogP contribution in [0.5, 0.6) is 5.75 Å². The number of aromatic nitrogens is 2. The van der Waals surface area contributed by atoms with Crippen LogP contribution in [0.1, 0.15) is 5.82 Å². The second-order valence-corrected chi connectivity index (χ2v) is 6.20. The number of anilines is 2. The average molecular weight is 383 g/mol. The van der Waals surface area contributed by atoms with Crippen molar-refractivity contribution in [1.82, 2.24) is 9.97 Å². The summed E-state index contributed by atoms with van der Waals surface area (Å²) in [6, 6.07) is 11.3. The van der Waals surface area contributed by atoms with Gasteiger partial charge in [-0.1, -0.05) is 35.3 Å². The molecule has 7 heteroatoms. The number of ether oxygens (including phenoxy) is 1. The number of hydrogen-bond acceptors (Lipinski definition) is 4. The molecule has 4 nitrogen and oxygen atoms in total. The van der Waals surface area contributed by atoms with Crippen LogP contribution in [-0.4, -0.2) is 24.1 Å². The predicted molar refractivity (Wildman–Crippen MR) is 100 cm³/mol. The maximum atomic E-state index is 6.25. The second kappa shape index (κ2) is 7.01. The number of benzene rings is 2. The molecule has 0 unspecified atom stereocenters. The van der Waals surface area contributed by atoms with E-state index >= 15 is 0 Å². The number of rotatable bonds is 4. The smallest absolute Gasteiger partial charge is 0.156 e. The van der Waals surface area contributed by atoms with Gasteiger partial charge in [-0.3, -0.25) is 0 Å². The Morgan fingerprint density at radius 3 is 2.38 bits per heavy atom. The Labute approximate surface area is 154 Å². The standard InChI is InChI=1S/C17H14Cl3N3O/c1-23(10-7-12(19)16(24-2)13(20)8-10)17-11-5-3-4-6-14(11)21-15(9-18)22-17/h3-8H,9H2,1-2H3. The highest BCUT2D eigenvalue weighted by Gasteiger charge is 2.16. The molecular weight excluding hydrogens is 369 g/mol. The lowest BCUT2D eigenvalue weighted by Gasteiger charge is -2.22. The van der Waals surface area contributed by atoms with E-state index in [1.54, 1.807) is 12.1 Å². The highest BCUT2D eigenvalue weighted by Crippen LogP contribution is 2.39. The van der Waals surface area contributed by atoms with E-state index in [0.29, 0.717) is 21.6 Å². The summed E-state index contributed by atoms with van der Waals surface area (Å²) in [5, 5.41) is 1.78. The Balaban J connectivity index is 2.17. The summed E-state index contributed by atoms with van der Waals surface area (Å²) in [6.45, 7) is 0. The van der Waals surface area contributed by atoms with Crippen LogP contribution < -0.4 is 9.64 Å². The third-order valence-corrected chi connectivity index (χ3v) is 4.44. The molecule has 1 heterocycles. The van der Waals surface area contributed by atoms with Crippen molar-refractivity contribution in [2.24, 2.45) is 0 Å². The first-order valence-corrected chi connectivity index (χ1v) is 8.42. The van der Waals surface area contributed by atoms with E-state index in [1.807, 2.05) is 36.2 Å². The predicted octanol–water partition coefficient (Wildman–Crippen LogP) is 5.45. The molecule has 24 heavy (non-hydrogen) atoms. The molecule has 0 aliphatic heterocycles. The molecule has 0 bridgehead atoms. The largest absolute Gasteiger partial charge is 0.494 e. The molecule has 0 radical (unpaired) electrons. The van der Waals surface area contributed by atoms with Crippen molar-refractivity contribution in [3.63, 3.8) is 0 Å². The van der Waals surface area contributed by atoms with Gasteiger partial charge in [0, 0.05) is 18.1 Å². The summed E-state index contributed by atoms with van der Waals surface area (Å²) in [6.07, 6.45) is 0. The molecule has 0 fully saturated rings. The minimum absolute atomic E-state index is 0.232. The van der Waals surface area contributed by atoms with Gasteiger partial charge in [-0.05, 0) is 24.3 Å². The van der Waals surface area contributed by atoms with Crippen molar-refractivity contribution in [2.75, 3.05) is 19.1 Å². The van der Waals surface area contributed by atoms with Gasteiger partial charge in [-0.15, -0.1) is 11.6 Å². The van der Waals surface area contributed by atoms with Crippen LogP contribution in [0, 0.1) is 0 Å². The molecule has 0 saturated heterocycles. The van der Waals surface area contributed by atoms with Gasteiger partial charge in [-0.25, -0.2) is 9.97 Å². The molecule has 0 aliphatic carbocycles. The van der Waals surface area contributed by atoms with Gasteiger partial charge in [0.1, 0.15) is 11.6 Å². The van der Waals surface area contributed by atoms with Crippen LogP contribution in [0.2, 0.25) is 10.0 Å². The van der Waals surface area contributed by atoms with E-state index in [-0.39, 0.29) is 5.88 Å². The first kappa shape index (κ1) is 17.1. The third kappa shape index (κ3) is 3.09.